The van der Waals surface area contributed by atoms with Gasteiger partial charge in [-0.3, -0.25) is 4.79 Å². The van der Waals surface area contributed by atoms with Gasteiger partial charge in [0.05, 0.1) is 17.9 Å². The van der Waals surface area contributed by atoms with E-state index in [1.807, 2.05) is 0 Å². The van der Waals surface area contributed by atoms with E-state index >= 15 is 0 Å². The Hall–Kier alpha value is -0.810. The summed E-state index contributed by atoms with van der Waals surface area (Å²) >= 11 is 3.11. The molecule has 0 saturated heterocycles. The zero-order valence-electron chi connectivity index (χ0n) is 7.79. The van der Waals surface area contributed by atoms with E-state index in [1.165, 1.54) is 6.26 Å². The predicted molar refractivity (Wildman–Crippen MR) is 55.0 cm³/mol. The van der Waals surface area contributed by atoms with Gasteiger partial charge in [-0.1, -0.05) is 0 Å². The maximum atomic E-state index is 11.4. The SMILES string of the molecule is CC(O)CCNC(=O)c1ccoc1Br. The van der Waals surface area contributed by atoms with Crippen LogP contribution in [0, 0.1) is 0 Å². The van der Waals surface area contributed by atoms with E-state index in [9.17, 15) is 4.79 Å². The first-order valence-electron chi connectivity index (χ1n) is 4.30. The minimum absolute atomic E-state index is 0.203. The number of furan rings is 1. The van der Waals surface area contributed by atoms with Crippen LogP contribution in [-0.4, -0.2) is 23.7 Å². The summed E-state index contributed by atoms with van der Waals surface area (Å²) in [5, 5.41) is 11.6. The topological polar surface area (TPSA) is 62.5 Å². The lowest BCUT2D eigenvalue weighted by atomic mass is 10.2. The Labute approximate surface area is 90.4 Å². The van der Waals surface area contributed by atoms with Crippen molar-refractivity contribution in [2.45, 2.75) is 19.4 Å². The third kappa shape index (κ3) is 3.16. The lowest BCUT2D eigenvalue weighted by Gasteiger charge is -2.05. The first-order valence-corrected chi connectivity index (χ1v) is 5.10. The van der Waals surface area contributed by atoms with Crippen LogP contribution in [0.1, 0.15) is 23.7 Å². The highest BCUT2D eigenvalue weighted by Crippen LogP contribution is 2.16. The van der Waals surface area contributed by atoms with Gasteiger partial charge in [-0.2, -0.15) is 0 Å². The molecule has 4 nitrogen and oxygen atoms in total. The Morgan fingerprint density at radius 1 is 1.79 bits per heavy atom. The van der Waals surface area contributed by atoms with Gasteiger partial charge in [-0.25, -0.2) is 0 Å². The van der Waals surface area contributed by atoms with Gasteiger partial charge in [-0.15, -0.1) is 0 Å². The number of rotatable bonds is 4. The van der Waals surface area contributed by atoms with Crippen LogP contribution in [0.2, 0.25) is 0 Å². The Bertz CT molecular complexity index is 309. The number of nitrogens with one attached hydrogen (secondary N) is 1. The van der Waals surface area contributed by atoms with Crippen molar-refractivity contribution in [1.82, 2.24) is 5.32 Å². The molecule has 14 heavy (non-hydrogen) atoms. The summed E-state index contributed by atoms with van der Waals surface area (Å²) in [6, 6.07) is 1.59. The van der Waals surface area contributed by atoms with Gasteiger partial charge in [0.2, 0.25) is 0 Å². The van der Waals surface area contributed by atoms with E-state index in [0.29, 0.717) is 23.2 Å². The van der Waals surface area contributed by atoms with Crippen molar-refractivity contribution in [2.24, 2.45) is 0 Å². The minimum atomic E-state index is -0.400. The van der Waals surface area contributed by atoms with Crippen molar-refractivity contribution in [3.8, 4) is 0 Å². The Balaban J connectivity index is 2.40. The first-order chi connectivity index (χ1) is 6.61. The molecular weight excluding hydrogens is 250 g/mol. The number of carbonyl (C=O) groups excluding carboxylic acids is 1. The summed E-state index contributed by atoms with van der Waals surface area (Å²) in [5.41, 5.74) is 0.468. The van der Waals surface area contributed by atoms with E-state index in [0.717, 1.165) is 0 Å². The summed E-state index contributed by atoms with van der Waals surface area (Å²) < 4.78 is 5.34. The maximum absolute atomic E-state index is 11.4. The Morgan fingerprint density at radius 3 is 3.00 bits per heavy atom. The fraction of sp³-hybridized carbons (Fsp3) is 0.444. The molecule has 0 saturated carbocycles. The zero-order chi connectivity index (χ0) is 10.6. The number of hydrogen-bond acceptors (Lipinski definition) is 3. The number of amides is 1. The lowest BCUT2D eigenvalue weighted by Crippen LogP contribution is -2.26. The van der Waals surface area contributed by atoms with Gasteiger partial charge >= 0.3 is 0 Å². The van der Waals surface area contributed by atoms with Crippen LogP contribution >= 0.6 is 15.9 Å². The molecule has 1 atom stereocenters. The number of halogens is 1. The molecule has 0 fully saturated rings. The maximum Gasteiger partial charge on any atom is 0.255 e. The minimum Gasteiger partial charge on any atom is -0.457 e. The second kappa shape index (κ2) is 5.17. The summed E-state index contributed by atoms with van der Waals surface area (Å²) in [5.74, 6) is -0.203. The largest absolute Gasteiger partial charge is 0.457 e. The summed E-state index contributed by atoms with van der Waals surface area (Å²) in [4.78, 5) is 11.4. The number of hydrogen-bond donors (Lipinski definition) is 2. The van der Waals surface area contributed by atoms with Gasteiger partial charge in [0, 0.05) is 6.54 Å². The standard InChI is InChI=1S/C9H12BrNO3/c1-6(12)2-4-11-9(13)7-3-5-14-8(7)10/h3,5-6,12H,2,4H2,1H3,(H,11,13). The highest BCUT2D eigenvalue weighted by molar-refractivity contribution is 9.10. The van der Waals surface area contributed by atoms with E-state index in [1.54, 1.807) is 13.0 Å². The van der Waals surface area contributed by atoms with Crippen LogP contribution in [-0.2, 0) is 0 Å². The fourth-order valence-corrected chi connectivity index (χ4v) is 1.37. The van der Waals surface area contributed by atoms with E-state index in [-0.39, 0.29) is 5.91 Å². The highest BCUT2D eigenvalue weighted by atomic mass is 79.9. The van der Waals surface area contributed by atoms with Crippen LogP contribution in [0.4, 0.5) is 0 Å². The molecular formula is C9H12BrNO3. The normalized spacial score (nSPS) is 12.5. The Morgan fingerprint density at radius 2 is 2.50 bits per heavy atom. The smallest absolute Gasteiger partial charge is 0.255 e. The molecule has 0 bridgehead atoms. The van der Waals surface area contributed by atoms with E-state index < -0.39 is 6.10 Å². The van der Waals surface area contributed by atoms with Crippen molar-refractivity contribution in [1.29, 1.82) is 0 Å². The molecule has 1 heterocycles. The summed E-state index contributed by atoms with van der Waals surface area (Å²) in [6.45, 7) is 2.13. The molecule has 1 rings (SSSR count). The van der Waals surface area contributed by atoms with Gasteiger partial charge < -0.3 is 14.8 Å². The van der Waals surface area contributed by atoms with Crippen molar-refractivity contribution in [3.05, 3.63) is 22.6 Å². The van der Waals surface area contributed by atoms with Gasteiger partial charge in [0.25, 0.3) is 5.91 Å². The fourth-order valence-electron chi connectivity index (χ4n) is 0.946. The summed E-state index contributed by atoms with van der Waals surface area (Å²) in [6.07, 6.45) is 1.58. The Kier molecular flexibility index (Phi) is 4.16. The van der Waals surface area contributed by atoms with Crippen molar-refractivity contribution < 1.29 is 14.3 Å². The second-order valence-corrected chi connectivity index (χ2v) is 3.72. The molecule has 0 aromatic carbocycles. The molecule has 0 radical (unpaired) electrons. The van der Waals surface area contributed by atoms with Crippen molar-refractivity contribution in [2.75, 3.05) is 6.54 Å². The van der Waals surface area contributed by atoms with Crippen molar-refractivity contribution in [3.63, 3.8) is 0 Å². The third-order valence-electron chi connectivity index (χ3n) is 1.71. The molecule has 1 aromatic rings. The molecule has 0 aliphatic heterocycles. The average molecular weight is 262 g/mol. The quantitative estimate of drug-likeness (QED) is 0.865. The second-order valence-electron chi connectivity index (χ2n) is 3.00. The molecule has 5 heteroatoms. The number of carbonyl (C=O) groups is 1. The lowest BCUT2D eigenvalue weighted by molar-refractivity contribution is 0.0944. The summed E-state index contributed by atoms with van der Waals surface area (Å²) in [7, 11) is 0. The van der Waals surface area contributed by atoms with E-state index in [4.69, 9.17) is 9.52 Å². The van der Waals surface area contributed by atoms with E-state index in [2.05, 4.69) is 21.2 Å². The van der Waals surface area contributed by atoms with Crippen LogP contribution in [0.5, 0.6) is 0 Å². The number of aliphatic hydroxyl groups is 1. The predicted octanol–water partition coefficient (Wildman–Crippen LogP) is 1.54. The first kappa shape index (κ1) is 11.3. The van der Waals surface area contributed by atoms with Crippen LogP contribution in [0.3, 0.4) is 0 Å². The molecule has 0 aliphatic carbocycles. The van der Waals surface area contributed by atoms with Gasteiger partial charge in [0.1, 0.15) is 0 Å². The molecule has 1 aromatic heterocycles. The molecule has 0 aliphatic rings. The molecule has 78 valence electrons. The van der Waals surface area contributed by atoms with Crippen LogP contribution in [0.15, 0.2) is 21.4 Å². The number of aliphatic hydroxyl groups excluding tert-OH is 1. The van der Waals surface area contributed by atoms with Gasteiger partial charge in [-0.05, 0) is 35.3 Å². The van der Waals surface area contributed by atoms with Gasteiger partial charge in [0.15, 0.2) is 4.67 Å². The average Bonchev–Trinajstić information content (AvgIpc) is 2.50. The highest BCUT2D eigenvalue weighted by Gasteiger charge is 2.11. The van der Waals surface area contributed by atoms with Crippen LogP contribution in [0.25, 0.3) is 0 Å². The molecule has 1 unspecified atom stereocenters. The van der Waals surface area contributed by atoms with Crippen LogP contribution < -0.4 is 5.32 Å². The van der Waals surface area contributed by atoms with Crippen molar-refractivity contribution >= 4 is 21.8 Å². The molecule has 0 spiro atoms. The molecule has 1 amide bonds. The third-order valence-corrected chi connectivity index (χ3v) is 2.32. The monoisotopic (exact) mass is 261 g/mol. The zero-order valence-corrected chi connectivity index (χ0v) is 9.37. The molecule has 2 N–H and O–H groups in total.